The van der Waals surface area contributed by atoms with Gasteiger partial charge in [0.2, 0.25) is 0 Å². The molecule has 15 rings (SSSR count). The molecule has 0 radical (unpaired) electrons. The Morgan fingerprint density at radius 1 is 0.319 bits per heavy atom. The Hall–Kier alpha value is -9.39. The minimum Gasteiger partial charge on any atom is -0.456 e. The predicted molar refractivity (Wildman–Crippen MR) is 283 cm³/mol. The summed E-state index contributed by atoms with van der Waals surface area (Å²) in [7, 11) is 0. The third-order valence-electron chi connectivity index (χ3n) is 14.0. The summed E-state index contributed by atoms with van der Waals surface area (Å²) in [6.45, 7) is 0. The highest BCUT2D eigenvalue weighted by atomic mass is 16.3. The van der Waals surface area contributed by atoms with E-state index in [0.717, 1.165) is 93.7 Å². The van der Waals surface area contributed by atoms with Crippen LogP contribution >= 0.6 is 0 Å². The van der Waals surface area contributed by atoms with E-state index in [-0.39, 0.29) is 0 Å². The number of hydrogen-bond donors (Lipinski definition) is 0. The Morgan fingerprint density at radius 2 is 0.942 bits per heavy atom. The van der Waals surface area contributed by atoms with Crippen LogP contribution in [0.2, 0.25) is 0 Å². The van der Waals surface area contributed by atoms with E-state index in [9.17, 15) is 0 Å². The third-order valence-corrected chi connectivity index (χ3v) is 14.0. The molecule has 0 atom stereocenters. The minimum absolute atomic E-state index is 0.519. The predicted octanol–water partition coefficient (Wildman–Crippen LogP) is 16.9. The van der Waals surface area contributed by atoms with E-state index in [4.69, 9.17) is 23.8 Å². The average Bonchev–Trinajstić information content (AvgIpc) is 4.10. The number of aromatic nitrogens is 4. The van der Waals surface area contributed by atoms with Crippen molar-refractivity contribution in [2.24, 2.45) is 0 Å². The van der Waals surface area contributed by atoms with E-state index < -0.39 is 0 Å². The summed E-state index contributed by atoms with van der Waals surface area (Å²) in [5.41, 5.74) is 11.2. The second kappa shape index (κ2) is 14.6. The van der Waals surface area contributed by atoms with E-state index in [2.05, 4.69) is 180 Å². The summed E-state index contributed by atoms with van der Waals surface area (Å²) < 4.78 is 15.8. The Balaban J connectivity index is 1.01. The zero-order chi connectivity index (χ0) is 45.2. The summed E-state index contributed by atoms with van der Waals surface area (Å²) in [5, 5.41) is 13.4. The molecule has 0 aliphatic rings. The molecule has 0 spiro atoms. The van der Waals surface area contributed by atoms with Crippen molar-refractivity contribution >= 4 is 98.0 Å². The SMILES string of the molecule is c1ccc(-c2ccc(-c3nc(-c4cc5oc6ccccc6c5c5cc(-n6c7cc8ccccc8cc7c7ccc8ccccc8c76)ccc45)nc(-c4cccc5c4oc4ccccc45)n3)cc2)cc1. The number of hydrogen-bond acceptors (Lipinski definition) is 5. The molecule has 0 unspecified atom stereocenters. The van der Waals surface area contributed by atoms with E-state index >= 15 is 0 Å². The summed E-state index contributed by atoms with van der Waals surface area (Å²) in [4.78, 5) is 16.0. The number of nitrogens with zero attached hydrogens (tertiary/aromatic N) is 4. The van der Waals surface area contributed by atoms with Crippen molar-refractivity contribution in [2.45, 2.75) is 0 Å². The maximum absolute atomic E-state index is 6.78. The van der Waals surface area contributed by atoms with Gasteiger partial charge >= 0.3 is 0 Å². The van der Waals surface area contributed by atoms with Crippen molar-refractivity contribution < 1.29 is 8.83 Å². The van der Waals surface area contributed by atoms with Crippen molar-refractivity contribution in [2.75, 3.05) is 0 Å². The van der Waals surface area contributed by atoms with E-state index in [1.807, 2.05) is 42.5 Å². The number of rotatable bonds is 5. The molecule has 6 heteroatoms. The van der Waals surface area contributed by atoms with E-state index in [1.54, 1.807) is 0 Å². The number of benzene rings is 11. The summed E-state index contributed by atoms with van der Waals surface area (Å²) in [6.07, 6.45) is 0. The molecule has 69 heavy (non-hydrogen) atoms. The smallest absolute Gasteiger partial charge is 0.167 e. The fraction of sp³-hybridized carbons (Fsp3) is 0. The van der Waals surface area contributed by atoms with Crippen LogP contribution in [0.25, 0.3) is 149 Å². The molecule has 0 amide bonds. The van der Waals surface area contributed by atoms with Crippen molar-refractivity contribution in [3.05, 3.63) is 218 Å². The second-order valence-corrected chi connectivity index (χ2v) is 17.9. The van der Waals surface area contributed by atoms with Gasteiger partial charge in [-0.15, -0.1) is 0 Å². The minimum atomic E-state index is 0.519. The van der Waals surface area contributed by atoms with Gasteiger partial charge in [0.25, 0.3) is 0 Å². The fourth-order valence-electron chi connectivity index (χ4n) is 10.8. The van der Waals surface area contributed by atoms with E-state index in [1.165, 1.54) is 37.8 Å². The van der Waals surface area contributed by atoms with Gasteiger partial charge in [0, 0.05) is 54.5 Å². The molecule has 0 aliphatic carbocycles. The number of furan rings is 2. The molecule has 0 saturated heterocycles. The van der Waals surface area contributed by atoms with E-state index in [0.29, 0.717) is 17.5 Å². The normalized spacial score (nSPS) is 12.1. The molecule has 6 nitrogen and oxygen atoms in total. The van der Waals surface area contributed by atoms with Crippen LogP contribution in [0.5, 0.6) is 0 Å². The molecule has 0 bridgehead atoms. The summed E-state index contributed by atoms with van der Waals surface area (Å²) in [5.74, 6) is 1.61. The van der Waals surface area contributed by atoms with Gasteiger partial charge in [-0.05, 0) is 86.6 Å². The third kappa shape index (κ3) is 5.76. The lowest BCUT2D eigenvalue weighted by Gasteiger charge is -2.14. The van der Waals surface area contributed by atoms with Crippen LogP contribution in [-0.4, -0.2) is 19.5 Å². The maximum Gasteiger partial charge on any atom is 0.167 e. The van der Waals surface area contributed by atoms with Gasteiger partial charge in [0.05, 0.1) is 16.6 Å². The van der Waals surface area contributed by atoms with Crippen molar-refractivity contribution in [1.82, 2.24) is 19.5 Å². The zero-order valence-corrected chi connectivity index (χ0v) is 36.9. The lowest BCUT2D eigenvalue weighted by atomic mass is 9.97. The van der Waals surface area contributed by atoms with Crippen molar-refractivity contribution in [3.8, 4) is 51.0 Å². The highest BCUT2D eigenvalue weighted by Gasteiger charge is 2.23. The first-order valence-corrected chi connectivity index (χ1v) is 23.2. The molecule has 0 aliphatic heterocycles. The van der Waals surface area contributed by atoms with Gasteiger partial charge in [-0.1, -0.05) is 170 Å². The Labute approximate surface area is 394 Å². The molecule has 0 fully saturated rings. The number of fused-ring (bicyclic) bond motifs is 14. The first-order chi connectivity index (χ1) is 34.2. The monoisotopic (exact) mass is 880 g/mol. The average molecular weight is 881 g/mol. The van der Waals surface area contributed by atoms with Crippen LogP contribution in [0.4, 0.5) is 0 Å². The van der Waals surface area contributed by atoms with Gasteiger partial charge in [-0.3, -0.25) is 0 Å². The lowest BCUT2D eigenvalue weighted by molar-refractivity contribution is 0.669. The standard InChI is InChI=1S/C63H36N4O2/c1-2-13-37(14-3-1)38-25-27-40(28-26-38)61-64-62(50-22-12-21-48-46-19-8-10-23-55(46)69-60(48)50)66-63(65-61)53-36-57-58(49-20-9-11-24-56(49)68-57)52-35-43(30-32-45(52)53)67-54-34-42-17-5-4-16-41(42)33-51(54)47-31-29-39-15-6-7-18-44(39)59(47)67/h1-36H. The van der Waals surface area contributed by atoms with Crippen LogP contribution < -0.4 is 0 Å². The summed E-state index contributed by atoms with van der Waals surface area (Å²) >= 11 is 0. The van der Waals surface area contributed by atoms with Crippen LogP contribution in [0, 0.1) is 0 Å². The highest BCUT2D eigenvalue weighted by molar-refractivity contribution is 6.24. The zero-order valence-electron chi connectivity index (χ0n) is 36.9. The first kappa shape index (κ1) is 37.8. The van der Waals surface area contributed by atoms with Gasteiger partial charge in [-0.25, -0.2) is 15.0 Å². The molecule has 0 saturated carbocycles. The maximum atomic E-state index is 6.78. The van der Waals surface area contributed by atoms with Gasteiger partial charge < -0.3 is 13.4 Å². The van der Waals surface area contributed by atoms with Gasteiger partial charge in [0.1, 0.15) is 22.3 Å². The molecular formula is C63H36N4O2. The first-order valence-electron chi connectivity index (χ1n) is 23.2. The number of para-hydroxylation sites is 3. The molecule has 11 aromatic carbocycles. The van der Waals surface area contributed by atoms with Gasteiger partial charge in [-0.2, -0.15) is 0 Å². The fourth-order valence-corrected chi connectivity index (χ4v) is 10.8. The molecule has 4 heterocycles. The van der Waals surface area contributed by atoms with Crippen LogP contribution in [0.3, 0.4) is 0 Å². The molecular weight excluding hydrogens is 845 g/mol. The van der Waals surface area contributed by atoms with Crippen LogP contribution in [0.1, 0.15) is 0 Å². The second-order valence-electron chi connectivity index (χ2n) is 17.9. The largest absolute Gasteiger partial charge is 0.456 e. The van der Waals surface area contributed by atoms with Crippen LogP contribution in [0.15, 0.2) is 227 Å². The van der Waals surface area contributed by atoms with Gasteiger partial charge in [0.15, 0.2) is 17.5 Å². The summed E-state index contributed by atoms with van der Waals surface area (Å²) in [6, 6.07) is 76.9. The molecule has 4 aromatic heterocycles. The Bertz CT molecular complexity index is 4600. The lowest BCUT2D eigenvalue weighted by Crippen LogP contribution is -2.01. The van der Waals surface area contributed by atoms with Crippen molar-refractivity contribution in [1.29, 1.82) is 0 Å². The quantitative estimate of drug-likeness (QED) is 0.172. The molecule has 0 N–H and O–H groups in total. The Kier molecular flexibility index (Phi) is 7.97. The van der Waals surface area contributed by atoms with Crippen molar-refractivity contribution in [3.63, 3.8) is 0 Å². The topological polar surface area (TPSA) is 69.9 Å². The van der Waals surface area contributed by atoms with Crippen LogP contribution in [-0.2, 0) is 0 Å². The molecule has 320 valence electrons. The Morgan fingerprint density at radius 3 is 1.77 bits per heavy atom. The highest BCUT2D eigenvalue weighted by Crippen LogP contribution is 2.44. The molecule has 15 aromatic rings.